The molecule has 21 heavy (non-hydrogen) atoms. The van der Waals surface area contributed by atoms with E-state index in [1.165, 1.54) is 6.07 Å². The van der Waals surface area contributed by atoms with Gasteiger partial charge < -0.3 is 14.7 Å². The van der Waals surface area contributed by atoms with Crippen LogP contribution in [0.15, 0.2) is 18.2 Å². The quantitative estimate of drug-likeness (QED) is 0.764. The minimum Gasteiger partial charge on any atom is -0.465 e. The van der Waals surface area contributed by atoms with Crippen molar-refractivity contribution in [1.29, 1.82) is 0 Å². The molecule has 0 unspecified atom stereocenters. The zero-order valence-corrected chi connectivity index (χ0v) is 12.3. The van der Waals surface area contributed by atoms with E-state index in [-0.39, 0.29) is 0 Å². The molecule has 1 aromatic carbocycles. The Balaban J connectivity index is 2.33. The monoisotopic (exact) mass is 315 g/mol. The van der Waals surface area contributed by atoms with Crippen LogP contribution in [0.3, 0.4) is 0 Å². The van der Waals surface area contributed by atoms with Crippen molar-refractivity contribution in [3.05, 3.63) is 18.2 Å². The van der Waals surface area contributed by atoms with Crippen LogP contribution in [-0.2, 0) is 14.8 Å². The van der Waals surface area contributed by atoms with E-state index in [9.17, 15) is 13.2 Å². The standard InChI is InChI=1S/C12H17N3O5S/c1-21(18,19)14-10-6-9(13-12(16)17)7-11(8-10)15-2-4-20-5-3-15/h6-8,13-14H,2-5H2,1H3,(H,16,17). The zero-order chi connectivity index (χ0) is 15.5. The second kappa shape index (κ2) is 6.19. The lowest BCUT2D eigenvalue weighted by atomic mass is 10.2. The van der Waals surface area contributed by atoms with Gasteiger partial charge in [-0.2, -0.15) is 0 Å². The normalized spacial score (nSPS) is 15.6. The van der Waals surface area contributed by atoms with Gasteiger partial charge in [-0.3, -0.25) is 10.0 Å². The molecule has 1 fully saturated rings. The van der Waals surface area contributed by atoms with Crippen molar-refractivity contribution in [2.24, 2.45) is 0 Å². The molecule has 8 nitrogen and oxygen atoms in total. The second-order valence-corrected chi connectivity index (χ2v) is 6.42. The number of sulfonamides is 1. The van der Waals surface area contributed by atoms with Gasteiger partial charge >= 0.3 is 6.09 Å². The Morgan fingerprint density at radius 1 is 1.24 bits per heavy atom. The third-order valence-corrected chi connectivity index (χ3v) is 3.46. The molecular formula is C12H17N3O5S. The van der Waals surface area contributed by atoms with E-state index in [2.05, 4.69) is 10.0 Å². The molecule has 0 aromatic heterocycles. The molecule has 0 spiro atoms. The first-order chi connectivity index (χ1) is 9.83. The molecule has 1 aliphatic heterocycles. The Kier molecular flexibility index (Phi) is 4.53. The van der Waals surface area contributed by atoms with Crippen LogP contribution in [0.25, 0.3) is 0 Å². The van der Waals surface area contributed by atoms with E-state index in [1.807, 2.05) is 4.90 Å². The molecule has 0 bridgehead atoms. The highest BCUT2D eigenvalue weighted by molar-refractivity contribution is 7.92. The number of amides is 1. The first-order valence-corrected chi connectivity index (χ1v) is 8.18. The predicted molar refractivity (Wildman–Crippen MR) is 79.6 cm³/mol. The van der Waals surface area contributed by atoms with Crippen molar-refractivity contribution in [2.45, 2.75) is 0 Å². The van der Waals surface area contributed by atoms with Gasteiger partial charge in [0.15, 0.2) is 0 Å². The topological polar surface area (TPSA) is 108 Å². The Hall–Kier alpha value is -2.00. The fourth-order valence-electron chi connectivity index (χ4n) is 2.08. The van der Waals surface area contributed by atoms with Crippen molar-refractivity contribution in [1.82, 2.24) is 0 Å². The number of carbonyl (C=O) groups is 1. The van der Waals surface area contributed by atoms with E-state index in [0.29, 0.717) is 37.7 Å². The summed E-state index contributed by atoms with van der Waals surface area (Å²) < 4.78 is 30.3. The maximum absolute atomic E-state index is 11.3. The van der Waals surface area contributed by atoms with Crippen LogP contribution in [-0.4, -0.2) is 52.2 Å². The first-order valence-electron chi connectivity index (χ1n) is 6.29. The summed E-state index contributed by atoms with van der Waals surface area (Å²) in [5.41, 5.74) is 1.35. The molecule has 1 aromatic rings. The van der Waals surface area contributed by atoms with Gasteiger partial charge in [-0.05, 0) is 18.2 Å². The molecule has 1 aliphatic rings. The van der Waals surface area contributed by atoms with Gasteiger partial charge in [0, 0.05) is 24.5 Å². The van der Waals surface area contributed by atoms with Gasteiger partial charge in [0.05, 0.1) is 25.2 Å². The lowest BCUT2D eigenvalue weighted by Gasteiger charge is -2.29. The summed E-state index contributed by atoms with van der Waals surface area (Å²) >= 11 is 0. The van der Waals surface area contributed by atoms with Crippen molar-refractivity contribution < 1.29 is 23.1 Å². The number of rotatable bonds is 4. The molecule has 0 saturated carbocycles. The second-order valence-electron chi connectivity index (χ2n) is 4.67. The summed E-state index contributed by atoms with van der Waals surface area (Å²) in [6.07, 6.45) is -0.168. The Morgan fingerprint density at radius 2 is 1.86 bits per heavy atom. The lowest BCUT2D eigenvalue weighted by Crippen LogP contribution is -2.36. The summed E-state index contributed by atoms with van der Waals surface area (Å²) in [4.78, 5) is 12.8. The molecule has 0 atom stereocenters. The lowest BCUT2D eigenvalue weighted by molar-refractivity contribution is 0.122. The molecule has 116 valence electrons. The van der Waals surface area contributed by atoms with E-state index < -0.39 is 16.1 Å². The number of nitrogens with one attached hydrogen (secondary N) is 2. The van der Waals surface area contributed by atoms with Crippen LogP contribution in [0.5, 0.6) is 0 Å². The molecule has 1 heterocycles. The molecule has 0 radical (unpaired) electrons. The van der Waals surface area contributed by atoms with Crippen LogP contribution in [0, 0.1) is 0 Å². The van der Waals surface area contributed by atoms with Crippen LogP contribution < -0.4 is 14.9 Å². The van der Waals surface area contributed by atoms with Crippen LogP contribution in [0.4, 0.5) is 21.9 Å². The highest BCUT2D eigenvalue weighted by atomic mass is 32.2. The fraction of sp³-hybridized carbons (Fsp3) is 0.417. The number of ether oxygens (including phenoxy) is 1. The van der Waals surface area contributed by atoms with E-state index in [1.54, 1.807) is 12.1 Å². The van der Waals surface area contributed by atoms with Gasteiger partial charge in [-0.1, -0.05) is 0 Å². The van der Waals surface area contributed by atoms with E-state index >= 15 is 0 Å². The van der Waals surface area contributed by atoms with Gasteiger partial charge in [0.1, 0.15) is 0 Å². The Morgan fingerprint density at radius 3 is 2.43 bits per heavy atom. The summed E-state index contributed by atoms with van der Waals surface area (Å²) in [5, 5.41) is 11.0. The minimum atomic E-state index is -3.44. The number of morpholine rings is 1. The molecule has 2 rings (SSSR count). The molecule has 9 heteroatoms. The highest BCUT2D eigenvalue weighted by Gasteiger charge is 2.14. The first kappa shape index (κ1) is 15.4. The van der Waals surface area contributed by atoms with Crippen LogP contribution in [0.1, 0.15) is 0 Å². The number of carboxylic acid groups (broad SMARTS) is 1. The molecular weight excluding hydrogens is 298 g/mol. The fourth-order valence-corrected chi connectivity index (χ4v) is 2.63. The van der Waals surface area contributed by atoms with Crippen LogP contribution >= 0.6 is 0 Å². The molecule has 3 N–H and O–H groups in total. The Bertz CT molecular complexity index is 626. The van der Waals surface area contributed by atoms with Gasteiger partial charge in [-0.15, -0.1) is 0 Å². The van der Waals surface area contributed by atoms with Crippen molar-refractivity contribution in [3.8, 4) is 0 Å². The summed E-state index contributed by atoms with van der Waals surface area (Å²) in [5.74, 6) is 0. The molecule has 1 saturated heterocycles. The van der Waals surface area contributed by atoms with Gasteiger partial charge in [-0.25, -0.2) is 13.2 Å². The average molecular weight is 315 g/mol. The van der Waals surface area contributed by atoms with Crippen molar-refractivity contribution in [3.63, 3.8) is 0 Å². The number of benzene rings is 1. The number of hydrogen-bond acceptors (Lipinski definition) is 5. The average Bonchev–Trinajstić information content (AvgIpc) is 2.36. The SMILES string of the molecule is CS(=O)(=O)Nc1cc(NC(=O)O)cc(N2CCOCC2)c1. The summed E-state index contributed by atoms with van der Waals surface area (Å²) in [6, 6.07) is 4.76. The summed E-state index contributed by atoms with van der Waals surface area (Å²) in [6.45, 7) is 2.47. The van der Waals surface area contributed by atoms with Gasteiger partial charge in [0.2, 0.25) is 10.0 Å². The largest absolute Gasteiger partial charge is 0.465 e. The predicted octanol–water partition coefficient (Wildman–Crippen LogP) is 0.985. The smallest absolute Gasteiger partial charge is 0.409 e. The van der Waals surface area contributed by atoms with Gasteiger partial charge in [0.25, 0.3) is 0 Å². The third-order valence-electron chi connectivity index (χ3n) is 2.85. The van der Waals surface area contributed by atoms with E-state index in [0.717, 1.165) is 11.9 Å². The highest BCUT2D eigenvalue weighted by Crippen LogP contribution is 2.27. The number of anilines is 3. The van der Waals surface area contributed by atoms with E-state index in [4.69, 9.17) is 9.84 Å². The maximum atomic E-state index is 11.3. The van der Waals surface area contributed by atoms with Crippen LogP contribution in [0.2, 0.25) is 0 Å². The van der Waals surface area contributed by atoms with Crippen molar-refractivity contribution >= 4 is 33.2 Å². The number of nitrogens with zero attached hydrogens (tertiary/aromatic N) is 1. The third kappa shape index (κ3) is 4.80. The zero-order valence-electron chi connectivity index (χ0n) is 11.5. The molecule has 1 amide bonds. The van der Waals surface area contributed by atoms with Crippen molar-refractivity contribution in [2.75, 3.05) is 47.5 Å². The minimum absolute atomic E-state index is 0.303. The maximum Gasteiger partial charge on any atom is 0.409 e. The molecule has 0 aliphatic carbocycles. The Labute approximate surface area is 122 Å². The summed E-state index contributed by atoms with van der Waals surface area (Å²) in [7, 11) is -3.44. The number of hydrogen-bond donors (Lipinski definition) is 3.